The standard InChI is InChI=1S/C23H30FN5O2/c1-16(21(26-11-10-25)30-23(2,3)4)15-29-12-8-17(9-13-29)22-27-20(28-31-22)18-6-5-7-19(24)14-18/h5-7,10-11,14,17H,1,8-9,12-13,15,25H2,2-4H3/b11-10-,26-21+. The molecule has 1 saturated heterocycles. The number of hydrogen-bond acceptors (Lipinski definition) is 7. The lowest BCUT2D eigenvalue weighted by Crippen LogP contribution is -2.36. The molecule has 0 saturated carbocycles. The molecule has 7 nitrogen and oxygen atoms in total. The zero-order valence-corrected chi connectivity index (χ0v) is 18.3. The summed E-state index contributed by atoms with van der Waals surface area (Å²) in [5.41, 5.74) is 6.45. The van der Waals surface area contributed by atoms with E-state index in [4.69, 9.17) is 15.0 Å². The molecular weight excluding hydrogens is 397 g/mol. The van der Waals surface area contributed by atoms with E-state index >= 15 is 0 Å². The quantitative estimate of drug-likeness (QED) is 0.547. The highest BCUT2D eigenvalue weighted by atomic mass is 19.1. The molecule has 2 aromatic rings. The monoisotopic (exact) mass is 427 g/mol. The van der Waals surface area contributed by atoms with E-state index < -0.39 is 0 Å². The van der Waals surface area contributed by atoms with Crippen molar-refractivity contribution in [3.63, 3.8) is 0 Å². The van der Waals surface area contributed by atoms with Gasteiger partial charge in [-0.1, -0.05) is 23.9 Å². The average molecular weight is 428 g/mol. The van der Waals surface area contributed by atoms with Crippen LogP contribution in [0.25, 0.3) is 11.4 Å². The van der Waals surface area contributed by atoms with Gasteiger partial charge in [0.15, 0.2) is 0 Å². The number of benzene rings is 1. The Hall–Kier alpha value is -3.00. The summed E-state index contributed by atoms with van der Waals surface area (Å²) in [6.07, 6.45) is 4.64. The molecule has 0 radical (unpaired) electrons. The molecule has 1 aliphatic rings. The number of likely N-dealkylation sites (tertiary alicyclic amines) is 1. The van der Waals surface area contributed by atoms with Gasteiger partial charge < -0.3 is 15.0 Å². The zero-order valence-electron chi connectivity index (χ0n) is 18.3. The minimum absolute atomic E-state index is 0.179. The molecule has 0 unspecified atom stereocenters. The van der Waals surface area contributed by atoms with Gasteiger partial charge in [0, 0.05) is 36.0 Å². The number of piperidine rings is 1. The third-order valence-corrected chi connectivity index (χ3v) is 4.86. The first-order valence-corrected chi connectivity index (χ1v) is 10.4. The minimum atomic E-state index is -0.380. The lowest BCUT2D eigenvalue weighted by molar-refractivity contribution is 0.115. The molecule has 0 spiro atoms. The van der Waals surface area contributed by atoms with E-state index in [-0.39, 0.29) is 17.3 Å². The maximum absolute atomic E-state index is 13.5. The topological polar surface area (TPSA) is 89.8 Å². The zero-order chi connectivity index (χ0) is 22.4. The fourth-order valence-corrected chi connectivity index (χ4v) is 3.41. The van der Waals surface area contributed by atoms with Crippen molar-refractivity contribution in [1.82, 2.24) is 15.0 Å². The summed E-state index contributed by atoms with van der Waals surface area (Å²) in [5, 5.41) is 4.03. The van der Waals surface area contributed by atoms with E-state index in [0.717, 1.165) is 31.5 Å². The Morgan fingerprint density at radius 3 is 2.77 bits per heavy atom. The Morgan fingerprint density at radius 2 is 2.13 bits per heavy atom. The van der Waals surface area contributed by atoms with Gasteiger partial charge in [-0.3, -0.25) is 4.90 Å². The van der Waals surface area contributed by atoms with Crippen molar-refractivity contribution in [2.45, 2.75) is 45.1 Å². The Labute approximate surface area is 182 Å². The van der Waals surface area contributed by atoms with Gasteiger partial charge in [0.1, 0.15) is 11.4 Å². The number of nitrogens with zero attached hydrogens (tertiary/aromatic N) is 4. The SMILES string of the molecule is C=C(CN1CCC(c2nc(-c3cccc(F)c3)no2)CC1)/C(=N\C=C/N)OC(C)(C)C. The summed E-state index contributed by atoms with van der Waals surface area (Å²) in [7, 11) is 0. The molecule has 1 fully saturated rings. The average Bonchev–Trinajstić information content (AvgIpc) is 3.21. The number of rotatable bonds is 6. The molecule has 1 aromatic heterocycles. The molecule has 1 aromatic carbocycles. The van der Waals surface area contributed by atoms with Crippen LogP contribution in [0.1, 0.15) is 45.4 Å². The molecule has 8 heteroatoms. The number of aromatic nitrogens is 2. The predicted molar refractivity (Wildman–Crippen MR) is 119 cm³/mol. The van der Waals surface area contributed by atoms with E-state index in [1.165, 1.54) is 24.5 Å². The Balaban J connectivity index is 1.57. The maximum atomic E-state index is 13.5. The second kappa shape index (κ2) is 9.87. The molecule has 0 amide bonds. The van der Waals surface area contributed by atoms with Crippen molar-refractivity contribution >= 4 is 5.90 Å². The Bertz CT molecular complexity index is 953. The highest BCUT2D eigenvalue weighted by molar-refractivity contribution is 5.94. The molecule has 3 rings (SSSR count). The van der Waals surface area contributed by atoms with Crippen molar-refractivity contribution < 1.29 is 13.7 Å². The van der Waals surface area contributed by atoms with Crippen molar-refractivity contribution in [2.24, 2.45) is 10.7 Å². The van der Waals surface area contributed by atoms with Crippen LogP contribution in [-0.2, 0) is 4.74 Å². The highest BCUT2D eigenvalue weighted by Gasteiger charge is 2.27. The normalized spacial score (nSPS) is 16.7. The fraction of sp³-hybridized carbons (Fsp3) is 0.435. The summed E-state index contributed by atoms with van der Waals surface area (Å²) in [5.74, 6) is 1.37. The third-order valence-electron chi connectivity index (χ3n) is 4.86. The van der Waals surface area contributed by atoms with Crippen LogP contribution in [0.5, 0.6) is 0 Å². The van der Waals surface area contributed by atoms with Gasteiger partial charge >= 0.3 is 0 Å². The minimum Gasteiger partial charge on any atom is -0.472 e. The van der Waals surface area contributed by atoms with Gasteiger partial charge in [-0.15, -0.1) is 0 Å². The second-order valence-electron chi connectivity index (χ2n) is 8.61. The van der Waals surface area contributed by atoms with E-state index in [1.807, 2.05) is 20.8 Å². The first kappa shape index (κ1) is 22.7. The number of hydrogen-bond donors (Lipinski definition) is 1. The Morgan fingerprint density at radius 1 is 1.39 bits per heavy atom. The van der Waals surface area contributed by atoms with Gasteiger partial charge in [-0.2, -0.15) is 4.98 Å². The number of aliphatic imine (C=N–C) groups is 1. The van der Waals surface area contributed by atoms with Crippen LogP contribution in [0, 0.1) is 5.82 Å². The van der Waals surface area contributed by atoms with Gasteiger partial charge in [0.05, 0.1) is 0 Å². The van der Waals surface area contributed by atoms with E-state index in [2.05, 4.69) is 26.6 Å². The van der Waals surface area contributed by atoms with Crippen LogP contribution in [0.4, 0.5) is 4.39 Å². The molecular formula is C23H30FN5O2. The van der Waals surface area contributed by atoms with Gasteiger partial charge in [0.25, 0.3) is 0 Å². The number of ether oxygens (including phenoxy) is 1. The molecule has 2 N–H and O–H groups in total. The van der Waals surface area contributed by atoms with E-state index in [0.29, 0.717) is 29.7 Å². The highest BCUT2D eigenvalue weighted by Crippen LogP contribution is 2.29. The van der Waals surface area contributed by atoms with Crippen LogP contribution in [0.15, 0.2) is 58.3 Å². The molecule has 2 heterocycles. The van der Waals surface area contributed by atoms with Crippen molar-refractivity contribution in [1.29, 1.82) is 0 Å². The number of nitrogens with two attached hydrogens (primary N) is 1. The molecule has 31 heavy (non-hydrogen) atoms. The first-order chi connectivity index (χ1) is 14.7. The largest absolute Gasteiger partial charge is 0.472 e. The van der Waals surface area contributed by atoms with Gasteiger partial charge in [-0.25, -0.2) is 9.38 Å². The summed E-state index contributed by atoms with van der Waals surface area (Å²) in [6.45, 7) is 12.4. The van der Waals surface area contributed by atoms with Crippen LogP contribution in [0.2, 0.25) is 0 Å². The maximum Gasteiger partial charge on any atom is 0.230 e. The summed E-state index contributed by atoms with van der Waals surface area (Å²) >= 11 is 0. The van der Waals surface area contributed by atoms with E-state index in [1.54, 1.807) is 12.1 Å². The smallest absolute Gasteiger partial charge is 0.230 e. The van der Waals surface area contributed by atoms with Crippen LogP contribution in [-0.4, -0.2) is 46.2 Å². The van der Waals surface area contributed by atoms with Crippen LogP contribution in [0.3, 0.4) is 0 Å². The van der Waals surface area contributed by atoms with Crippen molar-refractivity contribution in [3.8, 4) is 11.4 Å². The summed E-state index contributed by atoms with van der Waals surface area (Å²) < 4.78 is 24.9. The van der Waals surface area contributed by atoms with Crippen molar-refractivity contribution in [2.75, 3.05) is 19.6 Å². The fourth-order valence-electron chi connectivity index (χ4n) is 3.41. The lowest BCUT2D eigenvalue weighted by Gasteiger charge is -2.31. The van der Waals surface area contributed by atoms with Gasteiger partial charge in [0.2, 0.25) is 17.6 Å². The molecule has 166 valence electrons. The molecule has 1 aliphatic heterocycles. The molecule has 0 atom stereocenters. The molecule has 0 aliphatic carbocycles. The second-order valence-corrected chi connectivity index (χ2v) is 8.61. The lowest BCUT2D eigenvalue weighted by atomic mass is 9.96. The molecule has 0 bridgehead atoms. The van der Waals surface area contributed by atoms with Gasteiger partial charge in [-0.05, 0) is 58.8 Å². The first-order valence-electron chi connectivity index (χ1n) is 10.4. The summed E-state index contributed by atoms with van der Waals surface area (Å²) in [6, 6.07) is 6.20. The Kier molecular flexibility index (Phi) is 7.22. The number of halogens is 1. The van der Waals surface area contributed by atoms with Crippen LogP contribution >= 0.6 is 0 Å². The van der Waals surface area contributed by atoms with Crippen LogP contribution < -0.4 is 5.73 Å². The summed E-state index contributed by atoms with van der Waals surface area (Å²) in [4.78, 5) is 11.1. The third kappa shape index (κ3) is 6.49. The predicted octanol–water partition coefficient (Wildman–Crippen LogP) is 4.25. The van der Waals surface area contributed by atoms with E-state index in [9.17, 15) is 4.39 Å². The van der Waals surface area contributed by atoms with Crippen molar-refractivity contribution in [3.05, 3.63) is 60.5 Å².